The number of aliphatic hydroxyl groups excluding tert-OH is 1. The molecule has 8 aromatic carbocycles. The number of sulfonamides is 1. The number of carbonyl (C=O) groups is 6. The summed E-state index contributed by atoms with van der Waals surface area (Å²) in [5.41, 5.74) is 16.8. The topological polar surface area (TPSA) is 303 Å². The van der Waals surface area contributed by atoms with Gasteiger partial charge in [0.25, 0.3) is 11.8 Å². The Balaban J connectivity index is 0.000000122. The number of hydrogen-bond donors (Lipinski definition) is 4. The van der Waals surface area contributed by atoms with E-state index in [0.29, 0.717) is 40.6 Å². The van der Waals surface area contributed by atoms with E-state index in [1.165, 1.54) is 19.2 Å². The van der Waals surface area contributed by atoms with Gasteiger partial charge >= 0.3 is 0 Å². The summed E-state index contributed by atoms with van der Waals surface area (Å²) in [7, 11) is 2.97. The summed E-state index contributed by atoms with van der Waals surface area (Å²) in [5.74, 6) is 5.13. The lowest BCUT2D eigenvalue weighted by molar-refractivity contribution is -0.121. The van der Waals surface area contributed by atoms with Gasteiger partial charge in [-0.1, -0.05) is 115 Å². The van der Waals surface area contributed by atoms with Crippen molar-refractivity contribution in [1.82, 2.24) is 34.9 Å². The number of rotatable bonds is 24. The van der Waals surface area contributed by atoms with Crippen LogP contribution in [-0.2, 0) is 76.7 Å². The molecule has 24 heteroatoms. The van der Waals surface area contributed by atoms with Crippen LogP contribution in [-0.4, -0.2) is 122 Å². The zero-order chi connectivity index (χ0) is 86.7. The molecule has 630 valence electrons. The van der Waals surface area contributed by atoms with E-state index < -0.39 is 31.7 Å². The molecule has 4 N–H and O–H groups in total. The molecule has 23 nitrogen and oxygen atoms in total. The highest BCUT2D eigenvalue weighted by Gasteiger charge is 2.54. The average molecular weight is 1680 g/mol. The third-order valence-electron chi connectivity index (χ3n) is 24.3. The number of nitrogens with one attached hydrogen (secondary N) is 3. The van der Waals surface area contributed by atoms with E-state index in [-0.39, 0.29) is 79.8 Å². The molecule has 3 aliphatic heterocycles. The van der Waals surface area contributed by atoms with Gasteiger partial charge in [-0.25, -0.2) is 18.1 Å². The second kappa shape index (κ2) is 35.1. The first-order valence-electron chi connectivity index (χ1n) is 41.3. The first kappa shape index (κ1) is 84.1. The number of benzene rings is 8. The fourth-order valence-electron chi connectivity index (χ4n) is 16.3. The van der Waals surface area contributed by atoms with Crippen molar-refractivity contribution < 1.29 is 70.7 Å². The monoisotopic (exact) mass is 1680 g/mol. The highest BCUT2D eigenvalue weighted by molar-refractivity contribution is 7.89. The molecule has 19 rings (SSSR count). The third kappa shape index (κ3) is 17.8. The maximum atomic E-state index is 13.4. The van der Waals surface area contributed by atoms with Gasteiger partial charge in [-0.15, -0.1) is 0 Å². The van der Waals surface area contributed by atoms with Gasteiger partial charge in [0.1, 0.15) is 23.2 Å². The molecule has 4 saturated carbocycles. The van der Waals surface area contributed by atoms with E-state index in [4.69, 9.17) is 33.4 Å². The van der Waals surface area contributed by atoms with Crippen molar-refractivity contribution in [3.05, 3.63) is 310 Å². The molecule has 0 unspecified atom stereocenters. The van der Waals surface area contributed by atoms with Crippen LogP contribution < -0.4 is 43.8 Å². The zero-order valence-corrected chi connectivity index (χ0v) is 70.7. The number of Topliss-reactive ketones (excluding diaryl/α,β-unsaturated/α-hetero) is 3. The van der Waals surface area contributed by atoms with E-state index in [1.807, 2.05) is 215 Å². The van der Waals surface area contributed by atoms with Crippen LogP contribution in [0.15, 0.2) is 242 Å². The highest BCUT2D eigenvalue weighted by atomic mass is 32.2. The number of aliphatic hydroxyl groups is 1. The number of pyridine rings is 4. The molecular formula is C100H94N8O15S. The first-order valence-corrected chi connectivity index (χ1v) is 42.8. The van der Waals surface area contributed by atoms with E-state index in [2.05, 4.69) is 30.3 Å². The number of anilines is 1. The summed E-state index contributed by atoms with van der Waals surface area (Å²) < 4.78 is 58.7. The number of ketones is 3. The van der Waals surface area contributed by atoms with E-state index >= 15 is 0 Å². The summed E-state index contributed by atoms with van der Waals surface area (Å²) in [4.78, 5) is 97.1. The second-order valence-electron chi connectivity index (χ2n) is 32.5. The Bertz CT molecular complexity index is 6260. The van der Waals surface area contributed by atoms with Crippen molar-refractivity contribution in [3.8, 4) is 79.3 Å². The Morgan fingerprint density at radius 2 is 0.903 bits per heavy atom. The molecule has 7 heterocycles. The van der Waals surface area contributed by atoms with Gasteiger partial charge in [-0.05, 0) is 244 Å². The molecule has 4 aromatic heterocycles. The number of amides is 3. The molecule has 0 saturated heterocycles. The van der Waals surface area contributed by atoms with Crippen LogP contribution >= 0.6 is 0 Å². The van der Waals surface area contributed by atoms with Gasteiger partial charge in [0, 0.05) is 103 Å². The number of carbonyl (C=O) groups excluding carboxylic acids is 6. The van der Waals surface area contributed by atoms with Crippen molar-refractivity contribution in [3.63, 3.8) is 0 Å². The quantitative estimate of drug-likeness (QED) is 0.0437. The third-order valence-corrected chi connectivity index (χ3v) is 25.7. The van der Waals surface area contributed by atoms with Crippen molar-refractivity contribution in [2.75, 3.05) is 53.9 Å². The lowest BCUT2D eigenvalue weighted by Gasteiger charge is -2.16. The summed E-state index contributed by atoms with van der Waals surface area (Å²) in [6.45, 7) is 6.72. The number of fused-ring (bicyclic) bond motifs is 3. The minimum Gasteiger partial charge on any atom is -0.454 e. The fraction of sp³-hybridized carbons (Fsp3) is 0.260. The summed E-state index contributed by atoms with van der Waals surface area (Å²) in [6, 6.07) is 69.7. The Hall–Kier alpha value is -13.6. The predicted molar refractivity (Wildman–Crippen MR) is 469 cm³/mol. The summed E-state index contributed by atoms with van der Waals surface area (Å²) in [5, 5.41) is 15.0. The Morgan fingerprint density at radius 1 is 0.427 bits per heavy atom. The van der Waals surface area contributed by atoms with Crippen LogP contribution in [0.5, 0.6) is 34.5 Å². The van der Waals surface area contributed by atoms with Gasteiger partial charge < -0.3 is 49.1 Å². The Morgan fingerprint density at radius 3 is 1.38 bits per heavy atom. The zero-order valence-electron chi connectivity index (χ0n) is 69.9. The molecule has 4 fully saturated rings. The van der Waals surface area contributed by atoms with Crippen LogP contribution in [0.3, 0.4) is 0 Å². The van der Waals surface area contributed by atoms with Crippen molar-refractivity contribution in [1.29, 1.82) is 0 Å². The van der Waals surface area contributed by atoms with E-state index in [9.17, 15) is 42.3 Å². The van der Waals surface area contributed by atoms with Crippen molar-refractivity contribution >= 4 is 50.9 Å². The number of aromatic nitrogens is 4. The Labute approximate surface area is 719 Å². The van der Waals surface area contributed by atoms with Crippen LogP contribution in [0.4, 0.5) is 5.82 Å². The standard InChI is InChI=1S/C27H26N2O4.C26H24N2O4.C25H23NO4.C22H21N3O3S/c1-17-4-10-21(28-25(17)18-5-7-19(8-6-18)26(31)29(2)3)15-24(30)27(12-13-27)20-9-11-22-23(14-20)33-16-32-22;1-16-10-20(28-14-21(16)17-4-3-5-18(11-17)25(30)27-2)13-24(29)26(8-9-26)19-6-7-22-23(12-19)32-15-31-22;1-16-9-20(26-13-21(16)18-4-2-3-17(10-18)14-27)12-24(28)25(7-8-25)19-5-6-22-23(11-19)30-15-29-22;1-23-29(27,28)18-12-10-16(11-13-18)19-8-5-9-20(24-19)25-21(26)22(14-15-22)17-6-3-2-4-7-17/h4-11,14H,12-13,15-16H2,1-3H3;3-7,10-12,14H,8-9,13,15H2,1-2H3,(H,27,30);2-6,9-11,13,27H,7-8,12,14-15H2,1H3;2-13,23H,14-15H2,1H3,(H,24,25,26). The first-order chi connectivity index (χ1) is 59.9. The fourth-order valence-corrected chi connectivity index (χ4v) is 17.1. The molecule has 4 aliphatic carbocycles. The molecule has 0 atom stereocenters. The van der Waals surface area contributed by atoms with Crippen LogP contribution in [0, 0.1) is 20.8 Å². The Kier molecular flexibility index (Phi) is 23.8. The molecule has 12 aromatic rings. The van der Waals surface area contributed by atoms with Gasteiger partial charge in [0.15, 0.2) is 34.5 Å². The van der Waals surface area contributed by atoms with Gasteiger partial charge in [-0.3, -0.25) is 43.7 Å². The van der Waals surface area contributed by atoms with Gasteiger partial charge in [-0.2, -0.15) is 0 Å². The number of hydrogen-bond acceptors (Lipinski definition) is 19. The normalized spacial score (nSPS) is 15.3. The van der Waals surface area contributed by atoms with Crippen LogP contribution in [0.25, 0.3) is 44.8 Å². The summed E-state index contributed by atoms with van der Waals surface area (Å²) >= 11 is 0. The minimum atomic E-state index is -3.48. The highest BCUT2D eigenvalue weighted by Crippen LogP contribution is 2.55. The van der Waals surface area contributed by atoms with Gasteiger partial charge in [0.05, 0.1) is 44.6 Å². The SMILES string of the molecule is CNC(=O)c1cccc(-c2cnc(CC(=O)C3(c4ccc5c(c4)OCO5)CC3)cc2C)c1.CNS(=O)(=O)c1ccc(-c2cccc(NC(=O)C3(c4ccccc4)CC3)n2)cc1.Cc1cc(CC(=O)C2(c3ccc4c(c3)OCO4)CC2)ncc1-c1cccc(CO)c1.Cc1ccc(CC(=O)C2(c3ccc4c(c3)OCO4)CC2)nc1-c1ccc(C(=O)N(C)C)cc1. The number of ether oxygens (including phenoxy) is 6. The maximum Gasteiger partial charge on any atom is 0.253 e. The lowest BCUT2D eigenvalue weighted by Crippen LogP contribution is -2.28. The van der Waals surface area contributed by atoms with Crippen molar-refractivity contribution in [2.24, 2.45) is 0 Å². The minimum absolute atomic E-state index is 0.00877. The van der Waals surface area contributed by atoms with Crippen LogP contribution in [0.1, 0.15) is 134 Å². The molecular weight excluding hydrogens is 1590 g/mol. The van der Waals surface area contributed by atoms with Crippen LogP contribution in [0.2, 0.25) is 0 Å². The summed E-state index contributed by atoms with van der Waals surface area (Å²) in [6.07, 6.45) is 11.2. The molecule has 3 amide bonds. The number of nitrogens with zero attached hydrogens (tertiary/aromatic N) is 5. The smallest absolute Gasteiger partial charge is 0.253 e. The van der Waals surface area contributed by atoms with E-state index in [0.717, 1.165) is 175 Å². The van der Waals surface area contributed by atoms with E-state index in [1.54, 1.807) is 56.5 Å². The van der Waals surface area contributed by atoms with Crippen molar-refractivity contribution in [2.45, 2.75) is 125 Å². The average Bonchev–Trinajstić information content (AvgIpc) is 1.60. The predicted octanol–water partition coefficient (Wildman–Crippen LogP) is 15.8. The molecule has 0 radical (unpaired) electrons. The largest absolute Gasteiger partial charge is 0.454 e. The molecule has 0 bridgehead atoms. The second-order valence-corrected chi connectivity index (χ2v) is 34.4. The lowest BCUT2D eigenvalue weighted by atomic mass is 9.88. The maximum absolute atomic E-state index is 13.4. The number of aryl methyl sites for hydroxylation is 3. The molecule has 0 spiro atoms. The molecule has 7 aliphatic rings. The molecule has 124 heavy (non-hydrogen) atoms. The van der Waals surface area contributed by atoms with Gasteiger partial charge in [0.2, 0.25) is 36.3 Å².